The molecule has 0 aromatic heterocycles. The lowest BCUT2D eigenvalue weighted by molar-refractivity contribution is 0.0527. The topological polar surface area (TPSA) is 74.6 Å². The molecule has 4 aromatic carbocycles. The van der Waals surface area contributed by atoms with E-state index in [1.807, 2.05) is 42.5 Å². The molecule has 4 rings (SSSR count). The molecule has 0 amide bonds. The lowest BCUT2D eigenvalue weighted by Crippen LogP contribution is -2.38. The van der Waals surface area contributed by atoms with Crippen molar-refractivity contribution in [1.82, 2.24) is 0 Å². The smallest absolute Gasteiger partial charge is 0.320 e. The number of ketones is 1. The summed E-state index contributed by atoms with van der Waals surface area (Å²) in [6, 6.07) is 29.7. The van der Waals surface area contributed by atoms with Gasteiger partial charge in [0.25, 0.3) is 0 Å². The average molecular weight is 551 g/mol. The van der Waals surface area contributed by atoms with Crippen LogP contribution in [0.3, 0.4) is 0 Å². The van der Waals surface area contributed by atoms with Crippen molar-refractivity contribution in [2.24, 2.45) is 0 Å². The minimum atomic E-state index is -5.96. The molecule has 4 nitrogen and oxygen atoms in total. The molecule has 0 radical (unpaired) electrons. The fourth-order valence-electron chi connectivity index (χ4n) is 4.60. The summed E-state index contributed by atoms with van der Waals surface area (Å²) in [4.78, 5) is 32.3. The first kappa shape index (κ1) is 28.2. The molecule has 0 aliphatic rings. The van der Waals surface area contributed by atoms with Crippen molar-refractivity contribution in [3.8, 4) is 0 Å². The van der Waals surface area contributed by atoms with Gasteiger partial charge in [0.15, 0.2) is 5.78 Å². The zero-order valence-corrected chi connectivity index (χ0v) is 21.6. The number of rotatable bonds is 10. The van der Waals surface area contributed by atoms with Crippen LogP contribution in [-0.4, -0.2) is 15.6 Å². The summed E-state index contributed by atoms with van der Waals surface area (Å²) in [5.41, 5.74) is -5.11. The molecule has 0 saturated carbocycles. The first-order chi connectivity index (χ1) is 18.5. The fraction of sp³-hybridized carbons (Fsp3) is 0.129. The SMILES string of the molecule is O=C(c1ccccc1)C(CC=Cc1ccccc1)(Cc1ccc(C(F)(F)P(=O)(O)O)c(F)c1)c1ccccc1. The normalized spacial score (nSPS) is 13.8. The van der Waals surface area contributed by atoms with Crippen molar-refractivity contribution in [2.75, 3.05) is 0 Å². The monoisotopic (exact) mass is 550 g/mol. The Labute approximate surface area is 224 Å². The highest BCUT2D eigenvalue weighted by atomic mass is 31.2. The van der Waals surface area contributed by atoms with Crippen LogP contribution in [0.4, 0.5) is 13.2 Å². The maximum absolute atomic E-state index is 14.9. The summed E-state index contributed by atoms with van der Waals surface area (Å²) in [6.07, 6.45) is 3.89. The van der Waals surface area contributed by atoms with E-state index in [4.69, 9.17) is 9.79 Å². The van der Waals surface area contributed by atoms with Gasteiger partial charge in [0, 0.05) is 5.56 Å². The third kappa shape index (κ3) is 6.12. The summed E-state index contributed by atoms with van der Waals surface area (Å²) < 4.78 is 54.8. The Kier molecular flexibility index (Phi) is 8.36. The quantitative estimate of drug-likeness (QED) is 0.158. The van der Waals surface area contributed by atoms with E-state index in [-0.39, 0.29) is 24.2 Å². The Bertz CT molecular complexity index is 1500. The van der Waals surface area contributed by atoms with Gasteiger partial charge in [-0.1, -0.05) is 109 Å². The molecule has 0 aliphatic carbocycles. The molecule has 0 fully saturated rings. The van der Waals surface area contributed by atoms with Crippen LogP contribution in [0, 0.1) is 5.82 Å². The highest BCUT2D eigenvalue weighted by Gasteiger charge is 2.52. The van der Waals surface area contributed by atoms with Crippen molar-refractivity contribution in [3.63, 3.8) is 0 Å². The molecule has 0 spiro atoms. The predicted octanol–water partition coefficient (Wildman–Crippen LogP) is 7.52. The van der Waals surface area contributed by atoms with Crippen molar-refractivity contribution in [1.29, 1.82) is 0 Å². The second-order valence-corrected chi connectivity index (χ2v) is 10.9. The molecule has 1 unspecified atom stereocenters. The molecular formula is C31H26F3O4P. The maximum Gasteiger partial charge on any atom is 0.399 e. The van der Waals surface area contributed by atoms with E-state index in [2.05, 4.69) is 0 Å². The molecule has 0 saturated heterocycles. The van der Waals surface area contributed by atoms with Gasteiger partial charge in [-0.2, -0.15) is 8.78 Å². The largest absolute Gasteiger partial charge is 0.399 e. The molecule has 0 aliphatic heterocycles. The van der Waals surface area contributed by atoms with Gasteiger partial charge in [-0.3, -0.25) is 9.36 Å². The Balaban J connectivity index is 1.83. The first-order valence-electron chi connectivity index (χ1n) is 12.1. The van der Waals surface area contributed by atoms with E-state index < -0.39 is 30.1 Å². The molecule has 200 valence electrons. The van der Waals surface area contributed by atoms with Crippen LogP contribution in [0.15, 0.2) is 115 Å². The number of hydrogen-bond donors (Lipinski definition) is 2. The minimum absolute atomic E-state index is 0.0530. The van der Waals surface area contributed by atoms with E-state index in [1.165, 1.54) is 6.07 Å². The standard InChI is InChI=1S/C31H26F3O4P/c32-28-21-24(18-19-27(28)31(33,34)39(36,37)38)22-30(26-16-8-3-9-17-26,29(35)25-14-6-2-7-15-25)20-10-13-23-11-4-1-5-12-23/h1-19,21H,20,22H2,(H2,36,37,38). The van der Waals surface area contributed by atoms with E-state index in [9.17, 15) is 22.5 Å². The number of alkyl halides is 2. The van der Waals surface area contributed by atoms with Crippen LogP contribution in [0.2, 0.25) is 0 Å². The highest BCUT2D eigenvalue weighted by molar-refractivity contribution is 7.52. The highest BCUT2D eigenvalue weighted by Crippen LogP contribution is 2.59. The van der Waals surface area contributed by atoms with Crippen molar-refractivity contribution < 1.29 is 32.3 Å². The van der Waals surface area contributed by atoms with Crippen LogP contribution in [0.1, 0.15) is 39.0 Å². The summed E-state index contributed by atoms with van der Waals surface area (Å²) >= 11 is 0. The summed E-state index contributed by atoms with van der Waals surface area (Å²) in [5, 5.41) is 0. The zero-order chi connectivity index (χ0) is 28.1. The van der Waals surface area contributed by atoms with Crippen LogP contribution in [-0.2, 0) is 22.1 Å². The number of carbonyl (C=O) groups excluding carboxylic acids is 1. The number of allylic oxidation sites excluding steroid dienone is 1. The summed E-state index contributed by atoms with van der Waals surface area (Å²) in [7, 11) is -5.96. The Hall–Kier alpha value is -3.77. The number of Topliss-reactive ketones (excluding diaryl/α,β-unsaturated/α-hetero) is 1. The second kappa shape index (κ2) is 11.5. The lowest BCUT2D eigenvalue weighted by atomic mass is 9.68. The second-order valence-electron chi connectivity index (χ2n) is 9.24. The van der Waals surface area contributed by atoms with Gasteiger partial charge >= 0.3 is 13.3 Å². The third-order valence-corrected chi connectivity index (χ3v) is 7.58. The van der Waals surface area contributed by atoms with E-state index in [0.29, 0.717) is 17.2 Å². The van der Waals surface area contributed by atoms with Crippen molar-refractivity contribution in [3.05, 3.63) is 149 Å². The molecule has 0 heterocycles. The summed E-state index contributed by atoms with van der Waals surface area (Å²) in [6.45, 7) is 0. The minimum Gasteiger partial charge on any atom is -0.320 e. The van der Waals surface area contributed by atoms with E-state index >= 15 is 0 Å². The number of hydrogen-bond acceptors (Lipinski definition) is 2. The van der Waals surface area contributed by atoms with Gasteiger partial charge in [0.05, 0.1) is 11.0 Å². The molecular weight excluding hydrogens is 524 g/mol. The lowest BCUT2D eigenvalue weighted by Gasteiger charge is -2.33. The average Bonchev–Trinajstić information content (AvgIpc) is 2.93. The molecule has 4 aromatic rings. The molecule has 39 heavy (non-hydrogen) atoms. The number of carbonyl (C=O) groups is 1. The molecule has 8 heteroatoms. The van der Waals surface area contributed by atoms with Gasteiger partial charge in [0.1, 0.15) is 5.82 Å². The molecule has 2 N–H and O–H groups in total. The van der Waals surface area contributed by atoms with Crippen molar-refractivity contribution in [2.45, 2.75) is 23.9 Å². The molecule has 0 bridgehead atoms. The van der Waals surface area contributed by atoms with Gasteiger partial charge < -0.3 is 9.79 Å². The predicted molar refractivity (Wildman–Crippen MR) is 145 cm³/mol. The Morgan fingerprint density at radius 1 is 0.821 bits per heavy atom. The Morgan fingerprint density at radius 3 is 1.95 bits per heavy atom. The third-order valence-electron chi connectivity index (χ3n) is 6.60. The van der Waals surface area contributed by atoms with Crippen LogP contribution < -0.4 is 0 Å². The number of halogens is 3. The van der Waals surface area contributed by atoms with Gasteiger partial charge in [0.2, 0.25) is 0 Å². The first-order valence-corrected chi connectivity index (χ1v) is 13.8. The van der Waals surface area contributed by atoms with Gasteiger partial charge in [-0.05, 0) is 41.7 Å². The maximum atomic E-state index is 14.9. The van der Waals surface area contributed by atoms with Crippen LogP contribution in [0.25, 0.3) is 6.08 Å². The Morgan fingerprint density at radius 2 is 1.38 bits per heavy atom. The van der Waals surface area contributed by atoms with Gasteiger partial charge in [-0.25, -0.2) is 4.39 Å². The van der Waals surface area contributed by atoms with Gasteiger partial charge in [-0.15, -0.1) is 0 Å². The van der Waals surface area contributed by atoms with E-state index in [1.54, 1.807) is 60.7 Å². The summed E-state index contributed by atoms with van der Waals surface area (Å²) in [5.74, 6) is -1.70. The van der Waals surface area contributed by atoms with Crippen LogP contribution in [0.5, 0.6) is 0 Å². The molecule has 1 atom stereocenters. The van der Waals surface area contributed by atoms with E-state index in [0.717, 1.165) is 11.6 Å². The van der Waals surface area contributed by atoms with Crippen molar-refractivity contribution >= 4 is 19.5 Å². The fourth-order valence-corrected chi connectivity index (χ4v) is 5.09. The van der Waals surface area contributed by atoms with Crippen LogP contribution >= 0.6 is 7.60 Å². The number of benzene rings is 4. The zero-order valence-electron chi connectivity index (χ0n) is 20.8.